The summed E-state index contributed by atoms with van der Waals surface area (Å²) in [6.07, 6.45) is 0. The summed E-state index contributed by atoms with van der Waals surface area (Å²) in [5.41, 5.74) is 3.67. The van der Waals surface area contributed by atoms with Crippen LogP contribution in [0.4, 0.5) is 10.5 Å². The van der Waals surface area contributed by atoms with Gasteiger partial charge in [-0.3, -0.25) is 0 Å². The number of benzene rings is 2. The second kappa shape index (κ2) is 7.18. The molecular formula is C17H19ClN2O2. The maximum absolute atomic E-state index is 11.8. The summed E-state index contributed by atoms with van der Waals surface area (Å²) in [6.45, 7) is 5.85. The van der Waals surface area contributed by atoms with E-state index < -0.39 is 0 Å². The highest BCUT2D eigenvalue weighted by atomic mass is 35.5. The molecule has 22 heavy (non-hydrogen) atoms. The van der Waals surface area contributed by atoms with Crippen LogP contribution < -0.4 is 15.4 Å². The van der Waals surface area contributed by atoms with Crippen LogP contribution in [0.25, 0.3) is 0 Å². The Labute approximate surface area is 135 Å². The number of halogens is 1. The lowest BCUT2D eigenvalue weighted by atomic mass is 10.1. The number of amides is 2. The molecule has 0 aliphatic heterocycles. The van der Waals surface area contributed by atoms with Crippen molar-refractivity contribution in [2.24, 2.45) is 0 Å². The smallest absolute Gasteiger partial charge is 0.321 e. The largest absolute Gasteiger partial charge is 0.473 e. The summed E-state index contributed by atoms with van der Waals surface area (Å²) in [5.74, 6) is 0.676. The molecule has 0 saturated carbocycles. The van der Waals surface area contributed by atoms with Gasteiger partial charge in [0.25, 0.3) is 0 Å². The lowest BCUT2D eigenvalue weighted by Gasteiger charge is -2.12. The number of anilines is 1. The van der Waals surface area contributed by atoms with Crippen molar-refractivity contribution in [3.05, 3.63) is 58.1 Å². The van der Waals surface area contributed by atoms with Crippen LogP contribution in [0.1, 0.15) is 16.7 Å². The predicted molar refractivity (Wildman–Crippen MR) is 89.8 cm³/mol. The van der Waals surface area contributed by atoms with Crippen LogP contribution in [0.5, 0.6) is 5.75 Å². The van der Waals surface area contributed by atoms with E-state index in [9.17, 15) is 4.79 Å². The van der Waals surface area contributed by atoms with E-state index in [2.05, 4.69) is 10.6 Å². The lowest BCUT2D eigenvalue weighted by Crippen LogP contribution is -2.32. The molecule has 0 aliphatic rings. The summed E-state index contributed by atoms with van der Waals surface area (Å²) in [4.78, 5) is 11.8. The number of carbonyl (C=O) groups excluding carboxylic acids is 1. The Kier molecular flexibility index (Phi) is 5.28. The fraction of sp³-hybridized carbons (Fsp3) is 0.235. The van der Waals surface area contributed by atoms with Crippen LogP contribution in [0.3, 0.4) is 0 Å². The topological polar surface area (TPSA) is 50.4 Å². The molecule has 0 radical (unpaired) electrons. The molecule has 0 unspecified atom stereocenters. The van der Waals surface area contributed by atoms with Crippen molar-refractivity contribution in [3.8, 4) is 5.75 Å². The van der Waals surface area contributed by atoms with Gasteiger partial charge in [-0.1, -0.05) is 29.8 Å². The molecule has 0 aliphatic carbocycles. The quantitative estimate of drug-likeness (QED) is 0.820. The van der Waals surface area contributed by atoms with Gasteiger partial charge in [0.15, 0.2) is 6.73 Å². The van der Waals surface area contributed by atoms with Gasteiger partial charge in [-0.2, -0.15) is 0 Å². The molecule has 2 aromatic rings. The molecular weight excluding hydrogens is 300 g/mol. The molecule has 2 rings (SSSR count). The van der Waals surface area contributed by atoms with Crippen molar-refractivity contribution < 1.29 is 9.53 Å². The number of carbonyl (C=O) groups is 1. The zero-order valence-electron chi connectivity index (χ0n) is 12.9. The van der Waals surface area contributed by atoms with E-state index in [1.807, 2.05) is 57.2 Å². The third-order valence-corrected chi connectivity index (χ3v) is 3.87. The van der Waals surface area contributed by atoms with Crippen molar-refractivity contribution >= 4 is 23.3 Å². The molecule has 0 heterocycles. The SMILES string of the molecule is Cc1ccccc1NC(=O)NCOc1cc(C)c(Cl)c(C)c1. The minimum atomic E-state index is -0.309. The Morgan fingerprint density at radius 3 is 2.36 bits per heavy atom. The van der Waals surface area contributed by atoms with Gasteiger partial charge in [-0.05, 0) is 55.7 Å². The highest BCUT2D eigenvalue weighted by Crippen LogP contribution is 2.25. The van der Waals surface area contributed by atoms with E-state index in [0.717, 1.165) is 27.4 Å². The maximum Gasteiger partial charge on any atom is 0.321 e. The van der Waals surface area contributed by atoms with E-state index in [1.165, 1.54) is 0 Å². The van der Waals surface area contributed by atoms with Gasteiger partial charge in [0.1, 0.15) is 5.75 Å². The second-order valence-electron chi connectivity index (χ2n) is 5.11. The van der Waals surface area contributed by atoms with E-state index in [4.69, 9.17) is 16.3 Å². The van der Waals surface area contributed by atoms with Crippen LogP contribution in [0, 0.1) is 20.8 Å². The van der Waals surface area contributed by atoms with Crippen LogP contribution in [0.2, 0.25) is 5.02 Å². The molecule has 2 aromatic carbocycles. The zero-order valence-corrected chi connectivity index (χ0v) is 13.6. The Hall–Kier alpha value is -2.20. The third-order valence-electron chi connectivity index (χ3n) is 3.27. The normalized spacial score (nSPS) is 10.2. The van der Waals surface area contributed by atoms with Crippen molar-refractivity contribution in [3.63, 3.8) is 0 Å². The van der Waals surface area contributed by atoms with Crippen LogP contribution in [-0.4, -0.2) is 12.8 Å². The first kappa shape index (κ1) is 16.2. The first-order valence-corrected chi connectivity index (χ1v) is 7.35. The van der Waals surface area contributed by atoms with Crippen molar-refractivity contribution in [1.29, 1.82) is 0 Å². The molecule has 0 atom stereocenters. The lowest BCUT2D eigenvalue weighted by molar-refractivity contribution is 0.234. The van der Waals surface area contributed by atoms with Crippen molar-refractivity contribution in [2.45, 2.75) is 20.8 Å². The molecule has 4 nitrogen and oxygen atoms in total. The molecule has 5 heteroatoms. The molecule has 116 valence electrons. The maximum atomic E-state index is 11.8. The zero-order chi connectivity index (χ0) is 16.1. The molecule has 0 saturated heterocycles. The van der Waals surface area contributed by atoms with Gasteiger partial charge in [0, 0.05) is 10.7 Å². The minimum Gasteiger partial charge on any atom is -0.473 e. The van der Waals surface area contributed by atoms with Gasteiger partial charge >= 0.3 is 6.03 Å². The fourth-order valence-electron chi connectivity index (χ4n) is 2.05. The first-order valence-electron chi connectivity index (χ1n) is 6.97. The van der Waals surface area contributed by atoms with Gasteiger partial charge < -0.3 is 15.4 Å². The van der Waals surface area contributed by atoms with E-state index in [0.29, 0.717) is 5.75 Å². The van der Waals surface area contributed by atoms with Crippen LogP contribution >= 0.6 is 11.6 Å². The van der Waals surface area contributed by atoms with Gasteiger partial charge in [0.2, 0.25) is 0 Å². The summed E-state index contributed by atoms with van der Waals surface area (Å²) in [5, 5.41) is 6.17. The van der Waals surface area contributed by atoms with Gasteiger partial charge in [0.05, 0.1) is 0 Å². The standard InChI is InChI=1S/C17H19ClN2O2/c1-11-6-4-5-7-15(11)20-17(21)19-10-22-14-8-12(2)16(18)13(3)9-14/h4-9H,10H2,1-3H3,(H2,19,20,21). The molecule has 2 N–H and O–H groups in total. The molecule has 2 amide bonds. The Morgan fingerprint density at radius 1 is 1.09 bits per heavy atom. The van der Waals surface area contributed by atoms with Crippen LogP contribution in [-0.2, 0) is 0 Å². The summed E-state index contributed by atoms with van der Waals surface area (Å²) < 4.78 is 5.53. The fourth-order valence-corrected chi connectivity index (χ4v) is 2.16. The number of ether oxygens (including phenoxy) is 1. The number of urea groups is 1. The van der Waals surface area contributed by atoms with Crippen molar-refractivity contribution in [1.82, 2.24) is 5.32 Å². The molecule has 0 aromatic heterocycles. The third kappa shape index (κ3) is 4.15. The van der Waals surface area contributed by atoms with Crippen molar-refractivity contribution in [2.75, 3.05) is 12.0 Å². The minimum absolute atomic E-state index is 0.0816. The van der Waals surface area contributed by atoms with E-state index >= 15 is 0 Å². The monoisotopic (exact) mass is 318 g/mol. The van der Waals surface area contributed by atoms with Gasteiger partial charge in [-0.25, -0.2) is 4.79 Å². The summed E-state index contributed by atoms with van der Waals surface area (Å²) in [6, 6.07) is 11.0. The highest BCUT2D eigenvalue weighted by Gasteiger charge is 2.05. The number of aryl methyl sites for hydroxylation is 3. The number of rotatable bonds is 4. The predicted octanol–water partition coefficient (Wildman–Crippen LogP) is 4.42. The van der Waals surface area contributed by atoms with Crippen LogP contribution in [0.15, 0.2) is 36.4 Å². The Balaban J connectivity index is 1.86. The van der Waals surface area contributed by atoms with Gasteiger partial charge in [-0.15, -0.1) is 0 Å². The van der Waals surface area contributed by atoms with E-state index in [1.54, 1.807) is 0 Å². The number of hydrogen-bond acceptors (Lipinski definition) is 2. The Bertz CT molecular complexity index is 663. The molecule has 0 spiro atoms. The summed E-state index contributed by atoms with van der Waals surface area (Å²) in [7, 11) is 0. The second-order valence-corrected chi connectivity index (χ2v) is 5.48. The number of hydrogen-bond donors (Lipinski definition) is 2. The van der Waals surface area contributed by atoms with E-state index in [-0.39, 0.29) is 12.8 Å². The molecule has 0 bridgehead atoms. The molecule has 0 fully saturated rings. The number of para-hydroxylation sites is 1. The first-order chi connectivity index (χ1) is 10.5. The average Bonchev–Trinajstić information content (AvgIpc) is 2.47. The highest BCUT2D eigenvalue weighted by molar-refractivity contribution is 6.32. The average molecular weight is 319 g/mol. The number of nitrogens with one attached hydrogen (secondary N) is 2. The Morgan fingerprint density at radius 2 is 1.73 bits per heavy atom. The summed E-state index contributed by atoms with van der Waals surface area (Å²) >= 11 is 6.10.